The lowest BCUT2D eigenvalue weighted by Crippen LogP contribution is -2.06. The topological polar surface area (TPSA) is 47.0 Å². The highest BCUT2D eigenvalue weighted by atomic mass is 16.5. The van der Waals surface area contributed by atoms with E-state index >= 15 is 0 Å². The third kappa shape index (κ3) is 4.03. The Labute approximate surface area is 113 Å². The molecule has 0 aliphatic heterocycles. The molecule has 4 nitrogen and oxygen atoms in total. The van der Waals surface area contributed by atoms with Gasteiger partial charge in [0.15, 0.2) is 0 Å². The summed E-state index contributed by atoms with van der Waals surface area (Å²) < 4.78 is 5.47. The van der Waals surface area contributed by atoms with Crippen LogP contribution in [0, 0.1) is 6.92 Å². The number of benzene rings is 1. The molecule has 0 bridgehead atoms. The van der Waals surface area contributed by atoms with E-state index in [1.54, 1.807) is 0 Å². The molecule has 100 valence electrons. The first-order chi connectivity index (χ1) is 9.29. The molecule has 2 rings (SSSR count). The van der Waals surface area contributed by atoms with Crippen LogP contribution in [0.1, 0.15) is 23.7 Å². The van der Waals surface area contributed by atoms with Gasteiger partial charge in [-0.1, -0.05) is 24.3 Å². The van der Waals surface area contributed by atoms with Crippen LogP contribution < -0.4 is 5.32 Å². The van der Waals surface area contributed by atoms with E-state index in [2.05, 4.69) is 27.6 Å². The molecule has 0 radical (unpaired) electrons. The van der Waals surface area contributed by atoms with E-state index in [9.17, 15) is 0 Å². The van der Waals surface area contributed by atoms with Crippen molar-refractivity contribution in [2.24, 2.45) is 0 Å². The largest absolute Gasteiger partial charge is 0.377 e. The zero-order chi connectivity index (χ0) is 13.5. The van der Waals surface area contributed by atoms with Crippen molar-refractivity contribution < 1.29 is 4.74 Å². The zero-order valence-electron chi connectivity index (χ0n) is 11.4. The van der Waals surface area contributed by atoms with Crippen LogP contribution >= 0.6 is 0 Å². The van der Waals surface area contributed by atoms with Gasteiger partial charge in [-0.15, -0.1) is 5.10 Å². The van der Waals surface area contributed by atoms with Gasteiger partial charge in [-0.05, 0) is 37.1 Å². The fourth-order valence-electron chi connectivity index (χ4n) is 1.76. The molecule has 4 heteroatoms. The maximum atomic E-state index is 5.47. The van der Waals surface area contributed by atoms with E-state index in [0.717, 1.165) is 24.7 Å². The molecule has 1 N–H and O–H groups in total. The Balaban J connectivity index is 2.00. The van der Waals surface area contributed by atoms with Gasteiger partial charge < -0.3 is 10.1 Å². The number of ether oxygens (including phenoxy) is 1. The van der Waals surface area contributed by atoms with Crippen LogP contribution in [0.2, 0.25) is 0 Å². The van der Waals surface area contributed by atoms with Gasteiger partial charge in [0.2, 0.25) is 0 Å². The maximum absolute atomic E-state index is 5.47. The number of hydrogen-bond donors (Lipinski definition) is 1. The SMILES string of the molecule is CCOCc1ccccc1CNc1ccc(C)nn1. The van der Waals surface area contributed by atoms with Crippen LogP contribution in [-0.2, 0) is 17.9 Å². The van der Waals surface area contributed by atoms with Gasteiger partial charge in [-0.2, -0.15) is 5.10 Å². The molecule has 0 atom stereocenters. The van der Waals surface area contributed by atoms with Gasteiger partial charge >= 0.3 is 0 Å². The average Bonchev–Trinajstić information content (AvgIpc) is 2.45. The van der Waals surface area contributed by atoms with Gasteiger partial charge in [-0.25, -0.2) is 0 Å². The highest BCUT2D eigenvalue weighted by Crippen LogP contribution is 2.12. The zero-order valence-corrected chi connectivity index (χ0v) is 11.4. The van der Waals surface area contributed by atoms with Gasteiger partial charge in [0, 0.05) is 13.2 Å². The van der Waals surface area contributed by atoms with E-state index < -0.39 is 0 Å². The average molecular weight is 257 g/mol. The normalized spacial score (nSPS) is 10.4. The van der Waals surface area contributed by atoms with Crippen molar-refractivity contribution >= 4 is 5.82 Å². The van der Waals surface area contributed by atoms with Crippen molar-refractivity contribution in [1.82, 2.24) is 10.2 Å². The predicted octanol–water partition coefficient (Wildman–Crippen LogP) is 2.93. The second-order valence-corrected chi connectivity index (χ2v) is 4.32. The van der Waals surface area contributed by atoms with E-state index in [0.29, 0.717) is 6.61 Å². The monoisotopic (exact) mass is 257 g/mol. The van der Waals surface area contributed by atoms with Gasteiger partial charge in [0.1, 0.15) is 5.82 Å². The Bertz CT molecular complexity index is 511. The van der Waals surface area contributed by atoms with Crippen LogP contribution in [0.3, 0.4) is 0 Å². The summed E-state index contributed by atoms with van der Waals surface area (Å²) in [6, 6.07) is 12.1. The molecule has 0 spiro atoms. The molecule has 1 heterocycles. The second-order valence-electron chi connectivity index (χ2n) is 4.32. The minimum atomic E-state index is 0.647. The lowest BCUT2D eigenvalue weighted by Gasteiger charge is -2.10. The van der Waals surface area contributed by atoms with Crippen molar-refractivity contribution in [3.63, 3.8) is 0 Å². The molecule has 0 aliphatic carbocycles. The molecule has 0 fully saturated rings. The molecule has 1 aromatic heterocycles. The summed E-state index contributed by atoms with van der Waals surface area (Å²) in [5.41, 5.74) is 3.34. The highest BCUT2D eigenvalue weighted by molar-refractivity contribution is 5.36. The first kappa shape index (κ1) is 13.5. The van der Waals surface area contributed by atoms with Crippen LogP contribution in [0.25, 0.3) is 0 Å². The number of aryl methyl sites for hydroxylation is 1. The fourth-order valence-corrected chi connectivity index (χ4v) is 1.76. The molecule has 0 unspecified atom stereocenters. The molecule has 0 saturated carbocycles. The summed E-state index contributed by atoms with van der Waals surface area (Å²) in [6.45, 7) is 6.02. The van der Waals surface area contributed by atoms with Gasteiger partial charge in [-0.3, -0.25) is 0 Å². The van der Waals surface area contributed by atoms with Crippen molar-refractivity contribution in [2.75, 3.05) is 11.9 Å². The van der Waals surface area contributed by atoms with E-state index in [-0.39, 0.29) is 0 Å². The summed E-state index contributed by atoms with van der Waals surface area (Å²) in [4.78, 5) is 0. The standard InChI is InChI=1S/C15H19N3O/c1-3-19-11-14-7-5-4-6-13(14)10-16-15-9-8-12(2)17-18-15/h4-9H,3,10-11H2,1-2H3,(H,16,18). The maximum Gasteiger partial charge on any atom is 0.148 e. The minimum absolute atomic E-state index is 0.647. The Morgan fingerprint density at radius 3 is 2.53 bits per heavy atom. The minimum Gasteiger partial charge on any atom is -0.377 e. The first-order valence-corrected chi connectivity index (χ1v) is 6.48. The lowest BCUT2D eigenvalue weighted by atomic mass is 10.1. The molecular weight excluding hydrogens is 238 g/mol. The Hall–Kier alpha value is -1.94. The van der Waals surface area contributed by atoms with E-state index in [1.165, 1.54) is 11.1 Å². The van der Waals surface area contributed by atoms with E-state index in [4.69, 9.17) is 4.74 Å². The molecule has 19 heavy (non-hydrogen) atoms. The second kappa shape index (κ2) is 6.85. The quantitative estimate of drug-likeness (QED) is 0.864. The third-order valence-corrected chi connectivity index (χ3v) is 2.84. The third-order valence-electron chi connectivity index (χ3n) is 2.84. The van der Waals surface area contributed by atoms with Crippen molar-refractivity contribution in [3.8, 4) is 0 Å². The van der Waals surface area contributed by atoms with Crippen molar-refractivity contribution in [2.45, 2.75) is 27.0 Å². The Morgan fingerprint density at radius 2 is 1.84 bits per heavy atom. The number of anilines is 1. The van der Waals surface area contributed by atoms with E-state index in [1.807, 2.05) is 38.1 Å². The van der Waals surface area contributed by atoms with Gasteiger partial charge in [0.05, 0.1) is 12.3 Å². The molecule has 0 aliphatic rings. The number of rotatable bonds is 6. The van der Waals surface area contributed by atoms with Crippen LogP contribution in [0.5, 0.6) is 0 Å². The summed E-state index contributed by atoms with van der Waals surface area (Å²) in [5.74, 6) is 0.789. The lowest BCUT2D eigenvalue weighted by molar-refractivity contribution is 0.133. The molecule has 0 amide bonds. The number of nitrogens with one attached hydrogen (secondary N) is 1. The highest BCUT2D eigenvalue weighted by Gasteiger charge is 2.02. The van der Waals surface area contributed by atoms with Gasteiger partial charge in [0.25, 0.3) is 0 Å². The summed E-state index contributed by atoms with van der Waals surface area (Å²) in [5, 5.41) is 11.4. The fraction of sp³-hybridized carbons (Fsp3) is 0.333. The molecular formula is C15H19N3O. The van der Waals surface area contributed by atoms with Crippen molar-refractivity contribution in [1.29, 1.82) is 0 Å². The van der Waals surface area contributed by atoms with Crippen LogP contribution in [0.15, 0.2) is 36.4 Å². The molecule has 0 saturated heterocycles. The van der Waals surface area contributed by atoms with Crippen molar-refractivity contribution in [3.05, 3.63) is 53.2 Å². The van der Waals surface area contributed by atoms with Crippen LogP contribution in [-0.4, -0.2) is 16.8 Å². The summed E-state index contributed by atoms with van der Waals surface area (Å²) in [7, 11) is 0. The molecule has 2 aromatic rings. The summed E-state index contributed by atoms with van der Waals surface area (Å²) in [6.07, 6.45) is 0. The summed E-state index contributed by atoms with van der Waals surface area (Å²) >= 11 is 0. The number of hydrogen-bond acceptors (Lipinski definition) is 4. The number of aromatic nitrogens is 2. The first-order valence-electron chi connectivity index (χ1n) is 6.48. The van der Waals surface area contributed by atoms with Crippen LogP contribution in [0.4, 0.5) is 5.82 Å². The Kier molecular flexibility index (Phi) is 4.86. The predicted molar refractivity (Wildman–Crippen MR) is 75.9 cm³/mol. The Morgan fingerprint density at radius 1 is 1.05 bits per heavy atom. The smallest absolute Gasteiger partial charge is 0.148 e. The number of nitrogens with zero attached hydrogens (tertiary/aromatic N) is 2. The molecule has 1 aromatic carbocycles.